The van der Waals surface area contributed by atoms with Gasteiger partial charge in [0.15, 0.2) is 17.0 Å². The molecule has 2 N–H and O–H groups in total. The first-order valence-electron chi connectivity index (χ1n) is 11.1. The molecule has 4 rings (SSSR count). The van der Waals surface area contributed by atoms with Crippen molar-refractivity contribution in [3.8, 4) is 29.7 Å². The fourth-order valence-electron chi connectivity index (χ4n) is 5.10. The van der Waals surface area contributed by atoms with Crippen LogP contribution in [-0.2, 0) is 6.61 Å². The van der Waals surface area contributed by atoms with Gasteiger partial charge in [0.05, 0.1) is 30.5 Å². The molecule has 8 heteroatoms. The second-order valence-corrected chi connectivity index (χ2v) is 8.54. The molecule has 2 aliphatic rings. The Bertz CT molecular complexity index is 1350. The maximum absolute atomic E-state index is 14.1. The third-order valence-electron chi connectivity index (χ3n) is 6.74. The summed E-state index contributed by atoms with van der Waals surface area (Å²) in [5, 5.41) is 30.1. The van der Waals surface area contributed by atoms with Gasteiger partial charge in [-0.15, -0.1) is 0 Å². The van der Waals surface area contributed by atoms with Crippen molar-refractivity contribution in [2.24, 2.45) is 17.1 Å². The summed E-state index contributed by atoms with van der Waals surface area (Å²) < 4.78 is 38.3. The normalized spacial score (nSPS) is 20.5. The standard InChI is InChI=1S/C27H22F2N4O2/c1-34-23-8-6-16(10-17(23)13-35-24-9-7-18(28)11-22(24)29)25-20-5-3-2-4-19(20)21(12-30)26(33)27(25,14-31)15-32/h4,6-11,20,25H,2-3,5,13,33H2,1H3/t20-,25-/m0/s1. The first-order chi connectivity index (χ1) is 16.9. The van der Waals surface area contributed by atoms with Crippen molar-refractivity contribution in [3.05, 3.63) is 82.1 Å². The molecule has 2 aliphatic carbocycles. The van der Waals surface area contributed by atoms with Crippen LogP contribution in [-0.4, -0.2) is 7.11 Å². The Kier molecular flexibility index (Phi) is 6.45. The van der Waals surface area contributed by atoms with Crippen LogP contribution in [0.3, 0.4) is 0 Å². The molecule has 2 aromatic carbocycles. The Morgan fingerprint density at radius 1 is 1.09 bits per heavy atom. The van der Waals surface area contributed by atoms with Crippen LogP contribution in [0.4, 0.5) is 8.78 Å². The highest BCUT2D eigenvalue weighted by Gasteiger charge is 2.53. The van der Waals surface area contributed by atoms with Gasteiger partial charge in [-0.2, -0.15) is 15.8 Å². The Balaban J connectivity index is 1.81. The summed E-state index contributed by atoms with van der Waals surface area (Å²) in [4.78, 5) is 0. The van der Waals surface area contributed by atoms with Gasteiger partial charge in [-0.1, -0.05) is 12.1 Å². The molecule has 0 fully saturated rings. The number of hydrogen-bond donors (Lipinski definition) is 1. The molecule has 176 valence electrons. The molecular formula is C27H22F2N4O2. The second kappa shape index (κ2) is 9.49. The molecule has 0 radical (unpaired) electrons. The zero-order chi connectivity index (χ0) is 25.2. The fourth-order valence-corrected chi connectivity index (χ4v) is 5.10. The van der Waals surface area contributed by atoms with E-state index < -0.39 is 23.0 Å². The second-order valence-electron chi connectivity index (χ2n) is 8.54. The SMILES string of the molecule is COc1ccc([C@H]2[C@H]3CCCC=C3C(C#N)=C(N)C2(C#N)C#N)cc1COc1ccc(F)cc1F. The summed E-state index contributed by atoms with van der Waals surface area (Å²) >= 11 is 0. The molecule has 0 saturated heterocycles. The topological polar surface area (TPSA) is 116 Å². The quantitative estimate of drug-likeness (QED) is 0.644. The van der Waals surface area contributed by atoms with Gasteiger partial charge < -0.3 is 15.2 Å². The lowest BCUT2D eigenvalue weighted by molar-refractivity contribution is 0.280. The van der Waals surface area contributed by atoms with E-state index in [4.69, 9.17) is 15.2 Å². The number of nitrogens with two attached hydrogens (primary N) is 1. The maximum atomic E-state index is 14.1. The summed E-state index contributed by atoms with van der Waals surface area (Å²) in [5.41, 5.74) is 6.74. The molecule has 6 nitrogen and oxygen atoms in total. The number of rotatable bonds is 5. The van der Waals surface area contributed by atoms with E-state index in [9.17, 15) is 24.6 Å². The van der Waals surface area contributed by atoms with Gasteiger partial charge in [-0.25, -0.2) is 8.78 Å². The van der Waals surface area contributed by atoms with Crippen molar-refractivity contribution in [1.82, 2.24) is 0 Å². The number of halogens is 2. The van der Waals surface area contributed by atoms with Crippen molar-refractivity contribution in [3.63, 3.8) is 0 Å². The summed E-state index contributed by atoms with van der Waals surface area (Å²) in [6, 6.07) is 14.6. The number of allylic oxidation sites excluding steroid dienone is 4. The Morgan fingerprint density at radius 2 is 1.83 bits per heavy atom. The molecule has 0 heterocycles. The van der Waals surface area contributed by atoms with Crippen LogP contribution in [0.15, 0.2) is 59.3 Å². The molecular weight excluding hydrogens is 450 g/mol. The van der Waals surface area contributed by atoms with E-state index >= 15 is 0 Å². The molecule has 0 bridgehead atoms. The predicted molar refractivity (Wildman–Crippen MR) is 122 cm³/mol. The summed E-state index contributed by atoms with van der Waals surface area (Å²) in [7, 11) is 1.48. The maximum Gasteiger partial charge on any atom is 0.191 e. The van der Waals surface area contributed by atoms with E-state index in [0.717, 1.165) is 30.5 Å². The van der Waals surface area contributed by atoms with Gasteiger partial charge in [0, 0.05) is 17.5 Å². The lowest BCUT2D eigenvalue weighted by Crippen LogP contribution is -2.42. The average molecular weight is 472 g/mol. The number of fused-ring (bicyclic) bond motifs is 1. The van der Waals surface area contributed by atoms with E-state index in [-0.39, 0.29) is 29.5 Å². The molecule has 2 aromatic rings. The number of ether oxygens (including phenoxy) is 2. The first kappa shape index (κ1) is 23.8. The van der Waals surface area contributed by atoms with Gasteiger partial charge in [-0.05, 0) is 60.6 Å². The molecule has 35 heavy (non-hydrogen) atoms. The van der Waals surface area contributed by atoms with Gasteiger partial charge in [0.2, 0.25) is 0 Å². The van der Waals surface area contributed by atoms with E-state index in [1.165, 1.54) is 13.2 Å². The van der Waals surface area contributed by atoms with Crippen LogP contribution in [0, 0.1) is 57.0 Å². The van der Waals surface area contributed by atoms with Crippen LogP contribution in [0.1, 0.15) is 36.3 Å². The molecule has 0 saturated carbocycles. The van der Waals surface area contributed by atoms with Crippen molar-refractivity contribution in [1.29, 1.82) is 15.8 Å². The summed E-state index contributed by atoms with van der Waals surface area (Å²) in [6.07, 6.45) is 4.30. The number of methoxy groups -OCH3 is 1. The van der Waals surface area contributed by atoms with Gasteiger partial charge in [-0.3, -0.25) is 0 Å². The Hall–Kier alpha value is -4.35. The van der Waals surface area contributed by atoms with Gasteiger partial charge >= 0.3 is 0 Å². The lowest BCUT2D eigenvalue weighted by Gasteiger charge is -2.43. The molecule has 0 aromatic heterocycles. The number of nitriles is 3. The fraction of sp³-hybridized carbons (Fsp3) is 0.296. The smallest absolute Gasteiger partial charge is 0.191 e. The van der Waals surface area contributed by atoms with Crippen LogP contribution >= 0.6 is 0 Å². The average Bonchev–Trinajstić information content (AvgIpc) is 2.87. The molecule has 0 spiro atoms. The van der Waals surface area contributed by atoms with Gasteiger partial charge in [0.25, 0.3) is 0 Å². The number of nitrogens with zero attached hydrogens (tertiary/aromatic N) is 3. The van der Waals surface area contributed by atoms with Crippen molar-refractivity contribution < 1.29 is 18.3 Å². The lowest BCUT2D eigenvalue weighted by atomic mass is 9.56. The van der Waals surface area contributed by atoms with Crippen LogP contribution in [0.5, 0.6) is 11.5 Å². The van der Waals surface area contributed by atoms with E-state index in [0.29, 0.717) is 23.3 Å². The largest absolute Gasteiger partial charge is 0.496 e. The summed E-state index contributed by atoms with van der Waals surface area (Å²) in [5.74, 6) is -2.08. The number of hydrogen-bond acceptors (Lipinski definition) is 6. The third kappa shape index (κ3) is 3.96. The molecule has 0 unspecified atom stereocenters. The Morgan fingerprint density at radius 3 is 2.49 bits per heavy atom. The van der Waals surface area contributed by atoms with E-state index in [1.807, 2.05) is 6.08 Å². The van der Waals surface area contributed by atoms with E-state index in [2.05, 4.69) is 18.2 Å². The highest BCUT2D eigenvalue weighted by molar-refractivity contribution is 5.59. The third-order valence-corrected chi connectivity index (χ3v) is 6.74. The Labute approximate surface area is 202 Å². The zero-order valence-electron chi connectivity index (χ0n) is 19.0. The predicted octanol–water partition coefficient (Wildman–Crippen LogP) is 5.15. The van der Waals surface area contributed by atoms with Crippen molar-refractivity contribution in [2.45, 2.75) is 31.8 Å². The minimum absolute atomic E-state index is 0.0404. The first-order valence-corrected chi connectivity index (χ1v) is 11.1. The van der Waals surface area contributed by atoms with Gasteiger partial charge in [0.1, 0.15) is 24.2 Å². The summed E-state index contributed by atoms with van der Waals surface area (Å²) in [6.45, 7) is -0.0967. The highest BCUT2D eigenvalue weighted by Crippen LogP contribution is 2.56. The molecule has 0 aliphatic heterocycles. The van der Waals surface area contributed by atoms with Crippen LogP contribution < -0.4 is 15.2 Å². The van der Waals surface area contributed by atoms with E-state index in [1.54, 1.807) is 18.2 Å². The minimum Gasteiger partial charge on any atom is -0.496 e. The number of benzene rings is 2. The van der Waals surface area contributed by atoms with Crippen LogP contribution in [0.25, 0.3) is 0 Å². The zero-order valence-corrected chi connectivity index (χ0v) is 19.0. The van der Waals surface area contributed by atoms with Crippen LogP contribution in [0.2, 0.25) is 0 Å². The van der Waals surface area contributed by atoms with Crippen molar-refractivity contribution in [2.75, 3.05) is 7.11 Å². The molecule has 0 amide bonds. The monoisotopic (exact) mass is 472 g/mol. The molecule has 2 atom stereocenters. The minimum atomic E-state index is -1.74. The highest BCUT2D eigenvalue weighted by atomic mass is 19.1. The van der Waals surface area contributed by atoms with Crippen molar-refractivity contribution >= 4 is 0 Å².